The van der Waals surface area contributed by atoms with E-state index < -0.39 is 0 Å². The molecular formula is C14H21N5O. The van der Waals surface area contributed by atoms with Gasteiger partial charge in [0.15, 0.2) is 11.6 Å². The molecule has 6 nitrogen and oxygen atoms in total. The number of para-hydroxylation sites is 1. The molecule has 1 unspecified atom stereocenters. The molecule has 0 amide bonds. The molecule has 0 aliphatic heterocycles. The van der Waals surface area contributed by atoms with Gasteiger partial charge >= 0.3 is 0 Å². The fourth-order valence-corrected chi connectivity index (χ4v) is 1.96. The SMILES string of the molecule is COc1c(N)cccc1-c1nnnn1CC(C)C(C)C. The molecule has 0 radical (unpaired) electrons. The van der Waals surface area contributed by atoms with Gasteiger partial charge in [-0.15, -0.1) is 5.10 Å². The zero-order chi connectivity index (χ0) is 14.7. The third-order valence-corrected chi connectivity index (χ3v) is 3.62. The van der Waals surface area contributed by atoms with Gasteiger partial charge in [-0.2, -0.15) is 0 Å². The van der Waals surface area contributed by atoms with Crippen LogP contribution in [0.15, 0.2) is 18.2 Å². The fourth-order valence-electron chi connectivity index (χ4n) is 1.96. The highest BCUT2D eigenvalue weighted by Crippen LogP contribution is 2.33. The van der Waals surface area contributed by atoms with Crippen LogP contribution in [0.4, 0.5) is 5.69 Å². The van der Waals surface area contributed by atoms with Gasteiger partial charge in [-0.1, -0.05) is 26.8 Å². The third-order valence-electron chi connectivity index (χ3n) is 3.62. The standard InChI is InChI=1S/C14H21N5O/c1-9(2)10(3)8-19-14(16-17-18-19)11-6-5-7-12(15)13(11)20-4/h5-7,9-10H,8,15H2,1-4H3. The highest BCUT2D eigenvalue weighted by Gasteiger charge is 2.18. The van der Waals surface area contributed by atoms with Gasteiger partial charge in [0.2, 0.25) is 0 Å². The smallest absolute Gasteiger partial charge is 0.185 e. The number of nitrogen functional groups attached to an aromatic ring is 1. The van der Waals surface area contributed by atoms with Gasteiger partial charge in [-0.25, -0.2) is 4.68 Å². The zero-order valence-corrected chi connectivity index (χ0v) is 12.4. The summed E-state index contributed by atoms with van der Waals surface area (Å²) in [4.78, 5) is 0. The van der Waals surface area contributed by atoms with Crippen molar-refractivity contribution in [3.05, 3.63) is 18.2 Å². The molecule has 2 aromatic rings. The van der Waals surface area contributed by atoms with E-state index in [0.717, 1.165) is 12.1 Å². The normalized spacial score (nSPS) is 12.7. The Labute approximate surface area is 118 Å². The van der Waals surface area contributed by atoms with E-state index in [0.29, 0.717) is 29.1 Å². The maximum atomic E-state index is 5.93. The fraction of sp³-hybridized carbons (Fsp3) is 0.500. The minimum absolute atomic E-state index is 0.476. The van der Waals surface area contributed by atoms with Crippen molar-refractivity contribution in [3.8, 4) is 17.1 Å². The number of benzene rings is 1. The van der Waals surface area contributed by atoms with Gasteiger partial charge in [0.1, 0.15) is 0 Å². The lowest BCUT2D eigenvalue weighted by molar-refractivity contribution is 0.346. The van der Waals surface area contributed by atoms with Gasteiger partial charge < -0.3 is 10.5 Å². The first-order valence-electron chi connectivity index (χ1n) is 6.73. The summed E-state index contributed by atoms with van der Waals surface area (Å²) in [5, 5.41) is 12.0. The summed E-state index contributed by atoms with van der Waals surface area (Å²) in [5.74, 6) is 2.33. The van der Waals surface area contributed by atoms with Crippen LogP contribution in [-0.4, -0.2) is 27.3 Å². The summed E-state index contributed by atoms with van der Waals surface area (Å²) in [6.07, 6.45) is 0. The Bertz CT molecular complexity index is 579. The van der Waals surface area contributed by atoms with Crippen molar-refractivity contribution in [2.24, 2.45) is 11.8 Å². The predicted octanol–water partition coefficient (Wildman–Crippen LogP) is 2.22. The van der Waals surface area contributed by atoms with Crippen molar-refractivity contribution in [1.82, 2.24) is 20.2 Å². The third kappa shape index (κ3) is 2.74. The number of hydrogen-bond acceptors (Lipinski definition) is 5. The summed E-state index contributed by atoms with van der Waals surface area (Å²) >= 11 is 0. The predicted molar refractivity (Wildman–Crippen MR) is 78.2 cm³/mol. The van der Waals surface area contributed by atoms with Crippen LogP contribution in [-0.2, 0) is 6.54 Å². The van der Waals surface area contributed by atoms with Crippen LogP contribution < -0.4 is 10.5 Å². The average molecular weight is 275 g/mol. The second-order valence-electron chi connectivity index (χ2n) is 5.33. The molecule has 0 aliphatic carbocycles. The van der Waals surface area contributed by atoms with Crippen LogP contribution in [0.2, 0.25) is 0 Å². The van der Waals surface area contributed by atoms with E-state index in [1.54, 1.807) is 13.2 Å². The van der Waals surface area contributed by atoms with Crippen LogP contribution in [0.5, 0.6) is 5.75 Å². The summed E-state index contributed by atoms with van der Waals surface area (Å²) in [6, 6.07) is 5.59. The largest absolute Gasteiger partial charge is 0.494 e. The molecule has 2 N–H and O–H groups in total. The van der Waals surface area contributed by atoms with Crippen LogP contribution in [0.3, 0.4) is 0 Å². The minimum Gasteiger partial charge on any atom is -0.494 e. The zero-order valence-electron chi connectivity index (χ0n) is 12.4. The molecule has 0 fully saturated rings. The second-order valence-corrected chi connectivity index (χ2v) is 5.33. The Hall–Kier alpha value is -2.11. The first-order valence-corrected chi connectivity index (χ1v) is 6.73. The Morgan fingerprint density at radius 3 is 2.70 bits per heavy atom. The summed E-state index contributed by atoms with van der Waals surface area (Å²) in [5.41, 5.74) is 7.33. The molecule has 0 spiro atoms. The van der Waals surface area contributed by atoms with E-state index in [-0.39, 0.29) is 0 Å². The van der Waals surface area contributed by atoms with E-state index in [9.17, 15) is 0 Å². The topological polar surface area (TPSA) is 78.8 Å². The van der Waals surface area contributed by atoms with E-state index in [4.69, 9.17) is 10.5 Å². The lowest BCUT2D eigenvalue weighted by Gasteiger charge is -2.16. The number of nitrogens with two attached hydrogens (primary N) is 1. The molecule has 1 aromatic carbocycles. The Morgan fingerprint density at radius 1 is 1.30 bits per heavy atom. The Kier molecular flexibility index (Phi) is 4.22. The molecule has 1 aromatic heterocycles. The highest BCUT2D eigenvalue weighted by molar-refractivity contribution is 5.73. The number of anilines is 1. The van der Waals surface area contributed by atoms with Crippen LogP contribution in [0.25, 0.3) is 11.4 Å². The average Bonchev–Trinajstić information content (AvgIpc) is 2.86. The monoisotopic (exact) mass is 275 g/mol. The summed E-state index contributed by atoms with van der Waals surface area (Å²) < 4.78 is 7.18. The maximum Gasteiger partial charge on any atom is 0.185 e. The van der Waals surface area contributed by atoms with Crippen molar-refractivity contribution in [1.29, 1.82) is 0 Å². The summed E-state index contributed by atoms with van der Waals surface area (Å²) in [6.45, 7) is 7.33. The van der Waals surface area contributed by atoms with E-state index in [2.05, 4.69) is 36.3 Å². The summed E-state index contributed by atoms with van der Waals surface area (Å²) in [7, 11) is 1.60. The Balaban J connectivity index is 2.40. The molecule has 6 heteroatoms. The lowest BCUT2D eigenvalue weighted by atomic mass is 9.98. The first-order chi connectivity index (χ1) is 9.54. The Morgan fingerprint density at radius 2 is 2.05 bits per heavy atom. The number of rotatable bonds is 5. The first kappa shape index (κ1) is 14.3. The van der Waals surface area contributed by atoms with E-state index in [1.165, 1.54) is 0 Å². The van der Waals surface area contributed by atoms with Crippen molar-refractivity contribution in [2.45, 2.75) is 27.3 Å². The molecular weight excluding hydrogens is 254 g/mol. The number of aromatic nitrogens is 4. The van der Waals surface area contributed by atoms with Crippen molar-refractivity contribution < 1.29 is 4.74 Å². The van der Waals surface area contributed by atoms with Crippen LogP contribution in [0.1, 0.15) is 20.8 Å². The lowest BCUT2D eigenvalue weighted by Crippen LogP contribution is -2.15. The molecule has 0 saturated carbocycles. The maximum absolute atomic E-state index is 5.93. The molecule has 0 aliphatic rings. The van der Waals surface area contributed by atoms with Gasteiger partial charge in [-0.05, 0) is 34.4 Å². The molecule has 1 atom stereocenters. The molecule has 108 valence electrons. The van der Waals surface area contributed by atoms with Gasteiger partial charge in [0, 0.05) is 6.54 Å². The van der Waals surface area contributed by atoms with Crippen molar-refractivity contribution in [3.63, 3.8) is 0 Å². The van der Waals surface area contributed by atoms with Crippen molar-refractivity contribution >= 4 is 5.69 Å². The molecule has 0 bridgehead atoms. The number of methoxy groups -OCH3 is 1. The van der Waals surface area contributed by atoms with Gasteiger partial charge in [-0.3, -0.25) is 0 Å². The quantitative estimate of drug-likeness (QED) is 0.846. The van der Waals surface area contributed by atoms with Crippen molar-refractivity contribution in [2.75, 3.05) is 12.8 Å². The minimum atomic E-state index is 0.476. The van der Waals surface area contributed by atoms with Crippen LogP contribution in [0, 0.1) is 11.8 Å². The molecule has 0 saturated heterocycles. The van der Waals surface area contributed by atoms with E-state index in [1.807, 2.05) is 16.8 Å². The number of tetrazole rings is 1. The number of ether oxygens (including phenoxy) is 1. The van der Waals surface area contributed by atoms with Gasteiger partial charge in [0.05, 0.1) is 18.4 Å². The molecule has 1 heterocycles. The molecule has 2 rings (SSSR count). The van der Waals surface area contributed by atoms with Gasteiger partial charge in [0.25, 0.3) is 0 Å². The highest BCUT2D eigenvalue weighted by atomic mass is 16.5. The number of nitrogens with zero attached hydrogens (tertiary/aromatic N) is 4. The van der Waals surface area contributed by atoms with E-state index >= 15 is 0 Å². The number of hydrogen-bond donors (Lipinski definition) is 1. The molecule has 20 heavy (non-hydrogen) atoms. The second kappa shape index (κ2) is 5.90. The van der Waals surface area contributed by atoms with Crippen LogP contribution >= 0.6 is 0 Å².